The molecule has 0 radical (unpaired) electrons. The fraction of sp³-hybridized carbons (Fsp3) is 0.556. The topological polar surface area (TPSA) is 26.0 Å². The van der Waals surface area contributed by atoms with E-state index >= 15 is 0 Å². The van der Waals surface area contributed by atoms with Crippen LogP contribution in [-0.2, 0) is 13.2 Å². The van der Waals surface area contributed by atoms with Crippen molar-refractivity contribution >= 4 is 12.2 Å². The maximum atomic E-state index is 13.0. The third-order valence-corrected chi connectivity index (χ3v) is 5.36. The lowest BCUT2D eigenvalue weighted by atomic mass is 9.98. The number of aromatic nitrogens is 3. The molecule has 1 atom stereocenters. The van der Waals surface area contributed by atoms with Crippen molar-refractivity contribution in [1.82, 2.24) is 19.2 Å². The molecule has 0 unspecified atom stereocenters. The van der Waals surface area contributed by atoms with Gasteiger partial charge in [-0.1, -0.05) is 24.3 Å². The largest absolute Gasteiger partial charge is 0.393 e. The first-order chi connectivity index (χ1) is 12.3. The van der Waals surface area contributed by atoms with Crippen molar-refractivity contribution in [2.75, 3.05) is 13.1 Å². The van der Waals surface area contributed by atoms with Crippen LogP contribution in [0.5, 0.6) is 0 Å². The number of aryl methyl sites for hydroxylation is 1. The summed E-state index contributed by atoms with van der Waals surface area (Å²) in [6, 6.07) is 7.91. The van der Waals surface area contributed by atoms with Gasteiger partial charge in [-0.15, -0.1) is 0 Å². The van der Waals surface area contributed by atoms with Gasteiger partial charge in [-0.05, 0) is 51.0 Å². The van der Waals surface area contributed by atoms with Crippen molar-refractivity contribution in [3.8, 4) is 11.4 Å². The van der Waals surface area contributed by atoms with E-state index < -0.39 is 12.1 Å². The summed E-state index contributed by atoms with van der Waals surface area (Å²) in [5, 5.41) is 4.65. The molecule has 1 saturated heterocycles. The van der Waals surface area contributed by atoms with Crippen LogP contribution < -0.4 is 0 Å². The van der Waals surface area contributed by atoms with Gasteiger partial charge in [0.25, 0.3) is 0 Å². The Morgan fingerprint density at radius 1 is 1.27 bits per heavy atom. The normalized spacial score (nSPS) is 19.0. The summed E-state index contributed by atoms with van der Waals surface area (Å²) >= 11 is 5.54. The van der Waals surface area contributed by atoms with Crippen LogP contribution in [0.3, 0.4) is 0 Å². The molecule has 2 heterocycles. The van der Waals surface area contributed by atoms with Gasteiger partial charge >= 0.3 is 6.18 Å². The zero-order valence-corrected chi connectivity index (χ0v) is 15.8. The Balaban J connectivity index is 1.88. The molecular formula is C18H23F3N4S. The summed E-state index contributed by atoms with van der Waals surface area (Å²) in [6.45, 7) is 5.59. The molecule has 8 heteroatoms. The second kappa shape index (κ2) is 7.52. The van der Waals surface area contributed by atoms with Crippen molar-refractivity contribution in [3.63, 3.8) is 0 Å². The summed E-state index contributed by atoms with van der Waals surface area (Å²) in [5.74, 6) is -0.505. The number of benzene rings is 1. The van der Waals surface area contributed by atoms with Gasteiger partial charge in [0.1, 0.15) is 0 Å². The summed E-state index contributed by atoms with van der Waals surface area (Å²) in [6.07, 6.45) is -3.41. The highest BCUT2D eigenvalue weighted by Crippen LogP contribution is 2.33. The second-order valence-electron chi connectivity index (χ2n) is 6.76. The maximum Gasteiger partial charge on any atom is 0.393 e. The first-order valence-electron chi connectivity index (χ1n) is 8.84. The highest BCUT2D eigenvalue weighted by Gasteiger charge is 2.41. The zero-order chi connectivity index (χ0) is 18.9. The second-order valence-corrected chi connectivity index (χ2v) is 7.13. The van der Waals surface area contributed by atoms with Crippen molar-refractivity contribution in [3.05, 3.63) is 34.6 Å². The van der Waals surface area contributed by atoms with Gasteiger partial charge in [0.2, 0.25) is 0 Å². The van der Waals surface area contributed by atoms with Crippen LogP contribution in [0.1, 0.15) is 25.3 Å². The Bertz CT molecular complexity index is 825. The molecule has 0 aliphatic carbocycles. The van der Waals surface area contributed by atoms with Crippen LogP contribution in [0.25, 0.3) is 11.4 Å². The number of hydrogen-bond donors (Lipinski definition) is 0. The average Bonchev–Trinajstić information content (AvgIpc) is 2.90. The smallest absolute Gasteiger partial charge is 0.300 e. The van der Waals surface area contributed by atoms with Crippen LogP contribution in [0.4, 0.5) is 13.2 Å². The Hall–Kier alpha value is -1.67. The van der Waals surface area contributed by atoms with Crippen molar-refractivity contribution in [2.24, 2.45) is 5.92 Å². The predicted octanol–water partition coefficient (Wildman–Crippen LogP) is 4.64. The molecule has 0 N–H and O–H groups in total. The quantitative estimate of drug-likeness (QED) is 0.718. The number of nitrogens with zero attached hydrogens (tertiary/aromatic N) is 4. The van der Waals surface area contributed by atoms with Gasteiger partial charge in [0, 0.05) is 18.7 Å². The van der Waals surface area contributed by atoms with Crippen LogP contribution in [0, 0.1) is 17.6 Å². The van der Waals surface area contributed by atoms with E-state index in [0.29, 0.717) is 24.3 Å². The van der Waals surface area contributed by atoms with E-state index in [9.17, 15) is 13.2 Å². The number of likely N-dealkylation sites (tertiary alicyclic amines) is 1. The van der Waals surface area contributed by atoms with Crippen molar-refractivity contribution in [1.29, 1.82) is 0 Å². The van der Waals surface area contributed by atoms with Crippen molar-refractivity contribution < 1.29 is 13.2 Å². The van der Waals surface area contributed by atoms with E-state index in [1.54, 1.807) is 9.58 Å². The summed E-state index contributed by atoms with van der Waals surface area (Å²) < 4.78 is 43.3. The fourth-order valence-corrected chi connectivity index (χ4v) is 3.80. The SMILES string of the molecule is CCn1c(-c2ccccc2C)nn(CN2CCC[C@@H](C(F)(F)F)C2)c1=S. The summed E-state index contributed by atoms with van der Waals surface area (Å²) in [7, 11) is 0. The molecule has 0 saturated carbocycles. The van der Waals surface area contributed by atoms with E-state index in [4.69, 9.17) is 12.2 Å². The van der Waals surface area contributed by atoms with Gasteiger partial charge in [-0.25, -0.2) is 4.68 Å². The number of alkyl halides is 3. The van der Waals surface area contributed by atoms with E-state index in [-0.39, 0.29) is 19.6 Å². The zero-order valence-electron chi connectivity index (χ0n) is 15.0. The third kappa shape index (κ3) is 3.86. The molecule has 142 valence electrons. The van der Waals surface area contributed by atoms with Gasteiger partial charge in [-0.3, -0.25) is 4.90 Å². The molecule has 1 aliphatic heterocycles. The molecule has 4 nitrogen and oxygen atoms in total. The molecule has 1 aliphatic rings. The Morgan fingerprint density at radius 3 is 2.65 bits per heavy atom. The minimum Gasteiger partial charge on any atom is -0.300 e. The molecule has 2 aromatic rings. The van der Waals surface area contributed by atoms with E-state index in [1.807, 2.05) is 42.7 Å². The van der Waals surface area contributed by atoms with Gasteiger partial charge in [-0.2, -0.15) is 18.3 Å². The minimum absolute atomic E-state index is 0.00393. The van der Waals surface area contributed by atoms with Crippen LogP contribution >= 0.6 is 12.2 Å². The van der Waals surface area contributed by atoms with E-state index in [2.05, 4.69) is 5.10 Å². The van der Waals surface area contributed by atoms with Crippen LogP contribution in [0.2, 0.25) is 0 Å². The van der Waals surface area contributed by atoms with Gasteiger partial charge in [0.15, 0.2) is 10.6 Å². The monoisotopic (exact) mass is 384 g/mol. The molecule has 3 rings (SSSR count). The molecule has 0 bridgehead atoms. The standard InChI is InChI=1S/C18H23F3N4S/c1-3-24-16(15-9-5-4-7-13(15)2)22-25(17(24)26)12-23-10-6-8-14(11-23)18(19,20)21/h4-5,7,9,14H,3,6,8,10-12H2,1-2H3/t14-/m1/s1. The first kappa shape index (κ1) is 19.1. The highest BCUT2D eigenvalue weighted by atomic mass is 32.1. The lowest BCUT2D eigenvalue weighted by molar-refractivity contribution is -0.188. The number of rotatable bonds is 4. The molecule has 1 fully saturated rings. The van der Waals surface area contributed by atoms with Crippen LogP contribution in [-0.4, -0.2) is 38.5 Å². The highest BCUT2D eigenvalue weighted by molar-refractivity contribution is 7.71. The Kier molecular flexibility index (Phi) is 5.53. The Morgan fingerprint density at radius 2 is 2.00 bits per heavy atom. The minimum atomic E-state index is -4.14. The Labute approximate surface area is 156 Å². The first-order valence-corrected chi connectivity index (χ1v) is 9.24. The van der Waals surface area contributed by atoms with E-state index in [0.717, 1.165) is 17.0 Å². The van der Waals surface area contributed by atoms with Crippen molar-refractivity contribution in [2.45, 2.75) is 46.1 Å². The molecule has 1 aromatic carbocycles. The summed E-state index contributed by atoms with van der Waals surface area (Å²) in [4.78, 5) is 1.80. The number of hydrogen-bond acceptors (Lipinski definition) is 3. The molecular weight excluding hydrogens is 361 g/mol. The fourth-order valence-electron chi connectivity index (χ4n) is 3.48. The molecule has 1 aromatic heterocycles. The van der Waals surface area contributed by atoms with Crippen LogP contribution in [0.15, 0.2) is 24.3 Å². The molecule has 0 spiro atoms. The third-order valence-electron chi connectivity index (χ3n) is 4.93. The number of piperidine rings is 1. The molecule has 26 heavy (non-hydrogen) atoms. The van der Waals surface area contributed by atoms with E-state index in [1.165, 1.54) is 0 Å². The van der Waals surface area contributed by atoms with Gasteiger partial charge in [0.05, 0.1) is 12.6 Å². The molecule has 0 amide bonds. The predicted molar refractivity (Wildman–Crippen MR) is 97.3 cm³/mol. The number of halogens is 3. The maximum absolute atomic E-state index is 13.0. The lowest BCUT2D eigenvalue weighted by Crippen LogP contribution is -2.42. The van der Waals surface area contributed by atoms with Gasteiger partial charge < -0.3 is 4.57 Å². The lowest BCUT2D eigenvalue weighted by Gasteiger charge is -2.33. The summed E-state index contributed by atoms with van der Waals surface area (Å²) in [5.41, 5.74) is 2.08. The average molecular weight is 384 g/mol.